The van der Waals surface area contributed by atoms with Gasteiger partial charge in [0.2, 0.25) is 5.91 Å². The molecule has 0 radical (unpaired) electrons. The van der Waals surface area contributed by atoms with Gasteiger partial charge in [0.05, 0.1) is 0 Å². The Balaban J connectivity index is 1.55. The van der Waals surface area contributed by atoms with Crippen molar-refractivity contribution in [2.24, 2.45) is 5.92 Å². The van der Waals surface area contributed by atoms with Crippen molar-refractivity contribution >= 4 is 17.5 Å². The first-order valence-corrected chi connectivity index (χ1v) is 8.76. The van der Waals surface area contributed by atoms with Crippen LogP contribution in [0.25, 0.3) is 0 Å². The maximum absolute atomic E-state index is 12.4. The molecule has 1 fully saturated rings. The summed E-state index contributed by atoms with van der Waals surface area (Å²) in [7, 11) is 0. The van der Waals surface area contributed by atoms with Crippen molar-refractivity contribution in [3.05, 3.63) is 70.7 Å². The van der Waals surface area contributed by atoms with Gasteiger partial charge in [-0.3, -0.25) is 4.79 Å². The molecule has 1 amide bonds. The zero-order valence-corrected chi connectivity index (χ0v) is 14.2. The third-order valence-electron chi connectivity index (χ3n) is 4.68. The first kappa shape index (κ1) is 17.0. The molecule has 2 aromatic rings. The monoisotopic (exact) mass is 343 g/mol. The van der Waals surface area contributed by atoms with Gasteiger partial charge in [-0.05, 0) is 42.0 Å². The molecule has 1 aliphatic carbocycles. The second-order valence-electron chi connectivity index (χ2n) is 6.37. The van der Waals surface area contributed by atoms with Crippen molar-refractivity contribution in [2.75, 3.05) is 13.2 Å². The molecule has 3 unspecified atom stereocenters. The number of hydrogen-bond donors (Lipinski definition) is 2. The predicted molar refractivity (Wildman–Crippen MR) is 96.2 cm³/mol. The fraction of sp³-hybridized carbons (Fsp3) is 0.350. The lowest BCUT2D eigenvalue weighted by atomic mass is 9.96. The molecule has 2 aromatic carbocycles. The van der Waals surface area contributed by atoms with Crippen LogP contribution in [0.2, 0.25) is 5.02 Å². The molecule has 4 heteroatoms. The van der Waals surface area contributed by atoms with Crippen LogP contribution >= 0.6 is 11.6 Å². The van der Waals surface area contributed by atoms with Crippen LogP contribution in [-0.4, -0.2) is 24.2 Å². The maximum atomic E-state index is 12.4. The number of amides is 1. The molecule has 126 valence electrons. The van der Waals surface area contributed by atoms with E-state index in [9.17, 15) is 9.90 Å². The van der Waals surface area contributed by atoms with Gasteiger partial charge in [-0.25, -0.2) is 0 Å². The smallest absolute Gasteiger partial charge is 0.223 e. The topological polar surface area (TPSA) is 49.3 Å². The first-order valence-electron chi connectivity index (χ1n) is 8.38. The molecule has 2 N–H and O–H groups in total. The van der Waals surface area contributed by atoms with Gasteiger partial charge in [-0.2, -0.15) is 0 Å². The van der Waals surface area contributed by atoms with E-state index in [1.807, 2.05) is 54.6 Å². The van der Waals surface area contributed by atoms with E-state index in [1.54, 1.807) is 0 Å². The summed E-state index contributed by atoms with van der Waals surface area (Å²) < 4.78 is 0. The highest BCUT2D eigenvalue weighted by Gasteiger charge is 2.43. The van der Waals surface area contributed by atoms with Gasteiger partial charge < -0.3 is 10.4 Å². The van der Waals surface area contributed by atoms with Gasteiger partial charge in [0.25, 0.3) is 0 Å². The molecule has 3 nitrogen and oxygen atoms in total. The molecule has 0 bridgehead atoms. The number of carbonyl (C=O) groups is 1. The number of hydrogen-bond acceptors (Lipinski definition) is 2. The lowest BCUT2D eigenvalue weighted by molar-refractivity contribution is -0.122. The number of rotatable bonds is 7. The van der Waals surface area contributed by atoms with Crippen LogP contribution in [0.5, 0.6) is 0 Å². The van der Waals surface area contributed by atoms with Crippen molar-refractivity contribution in [2.45, 2.75) is 24.7 Å². The van der Waals surface area contributed by atoms with E-state index in [2.05, 4.69) is 5.32 Å². The molecule has 0 aliphatic heterocycles. The van der Waals surface area contributed by atoms with Crippen LogP contribution in [0.3, 0.4) is 0 Å². The Hall–Kier alpha value is -1.84. The van der Waals surface area contributed by atoms with Crippen molar-refractivity contribution < 1.29 is 9.90 Å². The van der Waals surface area contributed by atoms with Gasteiger partial charge in [-0.1, -0.05) is 54.1 Å². The molecule has 3 atom stereocenters. The van der Waals surface area contributed by atoms with Crippen LogP contribution in [0.1, 0.15) is 35.8 Å². The average molecular weight is 344 g/mol. The van der Waals surface area contributed by atoms with Gasteiger partial charge in [-0.15, -0.1) is 0 Å². The summed E-state index contributed by atoms with van der Waals surface area (Å²) >= 11 is 6.03. The van der Waals surface area contributed by atoms with E-state index >= 15 is 0 Å². The van der Waals surface area contributed by atoms with Crippen LogP contribution in [0.4, 0.5) is 0 Å². The van der Waals surface area contributed by atoms with Crippen molar-refractivity contribution in [3.63, 3.8) is 0 Å². The second kappa shape index (κ2) is 7.82. The Bertz CT molecular complexity index is 689. The van der Waals surface area contributed by atoms with E-state index in [0.717, 1.165) is 17.5 Å². The Kier molecular flexibility index (Phi) is 5.54. The van der Waals surface area contributed by atoms with E-state index in [-0.39, 0.29) is 30.3 Å². The standard InChI is InChI=1S/C20H22ClNO2/c21-17-8-4-7-15(11-17)18-12-19(18)20(24)22-13-16(9-10-23)14-5-2-1-3-6-14/h1-8,11,16,18-19,23H,9-10,12-13H2,(H,22,24). The van der Waals surface area contributed by atoms with E-state index in [0.29, 0.717) is 18.0 Å². The lowest BCUT2D eigenvalue weighted by Gasteiger charge is -2.17. The minimum atomic E-state index is 0.0361. The maximum Gasteiger partial charge on any atom is 0.223 e. The Morgan fingerprint density at radius 3 is 2.71 bits per heavy atom. The fourth-order valence-corrected chi connectivity index (χ4v) is 3.41. The lowest BCUT2D eigenvalue weighted by Crippen LogP contribution is -2.30. The Morgan fingerprint density at radius 1 is 1.21 bits per heavy atom. The number of nitrogens with one attached hydrogen (secondary N) is 1. The van der Waals surface area contributed by atoms with Crippen LogP contribution in [-0.2, 0) is 4.79 Å². The zero-order chi connectivity index (χ0) is 16.9. The van der Waals surface area contributed by atoms with E-state index < -0.39 is 0 Å². The first-order chi connectivity index (χ1) is 11.7. The molecule has 0 spiro atoms. The number of aliphatic hydroxyl groups excluding tert-OH is 1. The van der Waals surface area contributed by atoms with Crippen molar-refractivity contribution in [3.8, 4) is 0 Å². The van der Waals surface area contributed by atoms with Gasteiger partial charge >= 0.3 is 0 Å². The summed E-state index contributed by atoms with van der Waals surface area (Å²) in [6.07, 6.45) is 1.52. The highest BCUT2D eigenvalue weighted by Crippen LogP contribution is 2.48. The number of carbonyl (C=O) groups excluding carboxylic acids is 1. The van der Waals surface area contributed by atoms with Gasteiger partial charge in [0, 0.05) is 30.0 Å². The third-order valence-corrected chi connectivity index (χ3v) is 4.91. The van der Waals surface area contributed by atoms with E-state index in [1.165, 1.54) is 0 Å². The van der Waals surface area contributed by atoms with Crippen LogP contribution < -0.4 is 5.32 Å². The van der Waals surface area contributed by atoms with Crippen molar-refractivity contribution in [1.82, 2.24) is 5.32 Å². The molecular weight excluding hydrogens is 322 g/mol. The minimum Gasteiger partial charge on any atom is -0.396 e. The van der Waals surface area contributed by atoms with Crippen molar-refractivity contribution in [1.29, 1.82) is 0 Å². The predicted octanol–water partition coefficient (Wildman–Crippen LogP) is 3.73. The zero-order valence-electron chi connectivity index (χ0n) is 13.5. The fourth-order valence-electron chi connectivity index (χ4n) is 3.21. The highest BCUT2D eigenvalue weighted by molar-refractivity contribution is 6.30. The molecule has 1 aliphatic rings. The summed E-state index contributed by atoms with van der Waals surface area (Å²) in [6.45, 7) is 0.673. The molecule has 0 aromatic heterocycles. The quantitative estimate of drug-likeness (QED) is 0.804. The number of halogens is 1. The number of benzene rings is 2. The summed E-state index contributed by atoms with van der Waals surface area (Å²) in [5.74, 6) is 0.549. The molecule has 1 saturated carbocycles. The van der Waals surface area contributed by atoms with E-state index in [4.69, 9.17) is 11.6 Å². The molecule has 3 rings (SSSR count). The summed E-state index contributed by atoms with van der Waals surface area (Å²) in [4.78, 5) is 12.4. The SMILES string of the molecule is O=C(NCC(CCO)c1ccccc1)C1CC1c1cccc(Cl)c1. The van der Waals surface area contributed by atoms with Gasteiger partial charge in [0.15, 0.2) is 0 Å². The summed E-state index contributed by atoms with van der Waals surface area (Å²) in [5, 5.41) is 13.0. The third kappa shape index (κ3) is 4.16. The number of aliphatic hydroxyl groups is 1. The largest absolute Gasteiger partial charge is 0.396 e. The minimum absolute atomic E-state index is 0.0361. The second-order valence-corrected chi connectivity index (χ2v) is 6.81. The molecule has 0 saturated heterocycles. The summed E-state index contributed by atoms with van der Waals surface area (Å²) in [6, 6.07) is 17.8. The average Bonchev–Trinajstić information content (AvgIpc) is 3.40. The highest BCUT2D eigenvalue weighted by atomic mass is 35.5. The van der Waals surface area contributed by atoms with Crippen LogP contribution in [0, 0.1) is 5.92 Å². The molecular formula is C20H22ClNO2. The Labute approximate surface area is 147 Å². The van der Waals surface area contributed by atoms with Crippen LogP contribution in [0.15, 0.2) is 54.6 Å². The molecule has 0 heterocycles. The molecule has 24 heavy (non-hydrogen) atoms. The Morgan fingerprint density at radius 2 is 2.00 bits per heavy atom. The van der Waals surface area contributed by atoms with Gasteiger partial charge in [0.1, 0.15) is 0 Å². The summed E-state index contributed by atoms with van der Waals surface area (Å²) in [5.41, 5.74) is 2.28. The normalized spacial score (nSPS) is 20.4.